The normalized spacial score (nSPS) is 13.5. The van der Waals surface area contributed by atoms with Crippen LogP contribution in [0, 0.1) is 0 Å². The van der Waals surface area contributed by atoms with Crippen molar-refractivity contribution in [2.45, 2.75) is 9.79 Å². The predicted molar refractivity (Wildman–Crippen MR) is 50.7 cm³/mol. The Morgan fingerprint density at radius 2 is 1.93 bits per heavy atom. The molecule has 1 aromatic carbocycles. The van der Waals surface area contributed by atoms with Crippen LogP contribution in [0.4, 0.5) is 0 Å². The zero-order valence-corrected chi connectivity index (χ0v) is 8.79. The summed E-state index contributed by atoms with van der Waals surface area (Å²) in [7, 11) is -4.58. The molecule has 82 valence electrons. The largest absolute Gasteiger partial charge is 0.302 e. The number of carbonyl (C=O) groups excluding carboxylic acids is 1. The summed E-state index contributed by atoms with van der Waals surface area (Å²) in [5.41, 5.74) is -0.272. The van der Waals surface area contributed by atoms with E-state index in [0.717, 1.165) is 18.2 Å². The number of carbonyl (C=O) groups is 1. The molecule has 0 saturated carbocycles. The molecule has 2 N–H and O–H groups in total. The third-order valence-corrected chi connectivity index (χ3v) is 3.16. The van der Waals surface area contributed by atoms with Crippen molar-refractivity contribution in [1.82, 2.24) is 0 Å². The van der Waals surface area contributed by atoms with Gasteiger partial charge in [-0.3, -0.25) is 9.35 Å². The van der Waals surface area contributed by atoms with Crippen LogP contribution in [0.3, 0.4) is 0 Å². The van der Waals surface area contributed by atoms with Crippen LogP contribution in [-0.2, 0) is 21.2 Å². The summed E-state index contributed by atoms with van der Waals surface area (Å²) in [4.78, 5) is 9.54. The Balaban J connectivity index is 3.52. The molecule has 0 radical (unpaired) electrons. The highest BCUT2D eigenvalue weighted by atomic mass is 32.2. The Morgan fingerprint density at radius 3 is 2.33 bits per heavy atom. The minimum Gasteiger partial charge on any atom is -0.302 e. The molecule has 0 aliphatic rings. The molecule has 0 fully saturated rings. The maximum absolute atomic E-state index is 10.8. The second-order valence-corrected chi connectivity index (χ2v) is 4.90. The van der Waals surface area contributed by atoms with Gasteiger partial charge in [-0.2, -0.15) is 8.42 Å². The van der Waals surface area contributed by atoms with E-state index in [0.29, 0.717) is 0 Å². The monoisotopic (exact) mass is 250 g/mol. The third kappa shape index (κ3) is 2.69. The quantitative estimate of drug-likeness (QED) is 0.454. The van der Waals surface area contributed by atoms with Gasteiger partial charge in [0.05, 0.1) is 4.90 Å². The maximum Gasteiger partial charge on any atom is 0.295 e. The zero-order chi connectivity index (χ0) is 11.6. The van der Waals surface area contributed by atoms with Gasteiger partial charge in [0.25, 0.3) is 10.1 Å². The highest BCUT2D eigenvalue weighted by Gasteiger charge is 2.17. The van der Waals surface area contributed by atoms with E-state index in [2.05, 4.69) is 0 Å². The molecule has 8 heteroatoms. The molecule has 0 saturated heterocycles. The molecular formula is C7H6O6S2. The molecule has 15 heavy (non-hydrogen) atoms. The van der Waals surface area contributed by atoms with Crippen molar-refractivity contribution in [3.8, 4) is 0 Å². The molecular weight excluding hydrogens is 244 g/mol. The number of benzene rings is 1. The van der Waals surface area contributed by atoms with Crippen LogP contribution in [0.5, 0.6) is 0 Å². The molecule has 1 rings (SSSR count). The summed E-state index contributed by atoms with van der Waals surface area (Å²) in [5.74, 6) is 0. The standard InChI is InChI=1S/C7H6O6S2/c8-4-5-1-2-6(14(9)10)3-7(5)15(11,12)13/h1-4H,(H,9,10)(H,11,12,13). The molecule has 1 atom stereocenters. The minimum absolute atomic E-state index is 0.215. The Morgan fingerprint density at radius 1 is 1.33 bits per heavy atom. The van der Waals surface area contributed by atoms with Crippen molar-refractivity contribution in [2.75, 3.05) is 0 Å². The Kier molecular flexibility index (Phi) is 3.35. The van der Waals surface area contributed by atoms with Crippen molar-refractivity contribution in [3.05, 3.63) is 23.8 Å². The summed E-state index contributed by atoms with van der Waals surface area (Å²) in [6, 6.07) is 2.93. The first-order valence-electron chi connectivity index (χ1n) is 3.54. The minimum atomic E-state index is -4.58. The lowest BCUT2D eigenvalue weighted by Crippen LogP contribution is -2.04. The van der Waals surface area contributed by atoms with Crippen LogP contribution in [0.2, 0.25) is 0 Å². The SMILES string of the molecule is O=Cc1ccc(S(=O)O)cc1S(=O)(=O)O. The Hall–Kier alpha value is -1.09. The van der Waals surface area contributed by atoms with Crippen LogP contribution in [0.15, 0.2) is 28.0 Å². The van der Waals surface area contributed by atoms with Crippen molar-refractivity contribution in [2.24, 2.45) is 0 Å². The number of aldehydes is 1. The van der Waals surface area contributed by atoms with Gasteiger partial charge in [-0.25, -0.2) is 4.21 Å². The molecule has 1 unspecified atom stereocenters. The molecule has 1 aromatic rings. The van der Waals surface area contributed by atoms with E-state index in [1.807, 2.05) is 0 Å². The number of hydrogen-bond acceptors (Lipinski definition) is 4. The first-order chi connectivity index (χ1) is 6.86. The average Bonchev–Trinajstić information content (AvgIpc) is 2.15. The van der Waals surface area contributed by atoms with Crippen LogP contribution in [0.1, 0.15) is 10.4 Å². The number of rotatable bonds is 3. The van der Waals surface area contributed by atoms with Crippen LogP contribution >= 0.6 is 0 Å². The fourth-order valence-corrected chi connectivity index (χ4v) is 2.11. The smallest absolute Gasteiger partial charge is 0.295 e. The Bertz CT molecular complexity index is 518. The summed E-state index contributed by atoms with van der Waals surface area (Å²) < 4.78 is 49.7. The second kappa shape index (κ2) is 4.19. The molecule has 0 aromatic heterocycles. The number of hydrogen-bond donors (Lipinski definition) is 2. The van der Waals surface area contributed by atoms with Crippen molar-refractivity contribution in [1.29, 1.82) is 0 Å². The first-order valence-corrected chi connectivity index (χ1v) is 6.08. The van der Waals surface area contributed by atoms with E-state index in [4.69, 9.17) is 9.11 Å². The summed E-state index contributed by atoms with van der Waals surface area (Å²) in [5, 5.41) is 0. The second-order valence-electron chi connectivity index (χ2n) is 2.54. The predicted octanol–water partition coefficient (Wildman–Crippen LogP) is 0.326. The summed E-state index contributed by atoms with van der Waals surface area (Å²) in [6.45, 7) is 0. The van der Waals surface area contributed by atoms with Gasteiger partial charge in [-0.05, 0) is 18.2 Å². The Labute approximate surface area is 88.0 Å². The van der Waals surface area contributed by atoms with Crippen LogP contribution in [0.25, 0.3) is 0 Å². The molecule has 0 bridgehead atoms. The average molecular weight is 250 g/mol. The summed E-state index contributed by atoms with van der Waals surface area (Å²) in [6.07, 6.45) is 0.229. The van der Waals surface area contributed by atoms with Gasteiger partial charge < -0.3 is 4.55 Å². The lowest BCUT2D eigenvalue weighted by atomic mass is 10.2. The van der Waals surface area contributed by atoms with E-state index in [-0.39, 0.29) is 16.7 Å². The van der Waals surface area contributed by atoms with Gasteiger partial charge in [0.15, 0.2) is 17.4 Å². The lowest BCUT2D eigenvalue weighted by Gasteiger charge is -2.02. The summed E-state index contributed by atoms with van der Waals surface area (Å²) >= 11 is -2.38. The van der Waals surface area contributed by atoms with E-state index in [9.17, 15) is 17.4 Å². The van der Waals surface area contributed by atoms with Gasteiger partial charge in [0, 0.05) is 5.56 Å². The first kappa shape index (κ1) is 12.0. The lowest BCUT2D eigenvalue weighted by molar-refractivity contribution is 0.112. The van der Waals surface area contributed by atoms with Gasteiger partial charge in [0.1, 0.15) is 4.90 Å². The molecule has 0 spiro atoms. The van der Waals surface area contributed by atoms with Crippen molar-refractivity contribution in [3.63, 3.8) is 0 Å². The topological polar surface area (TPSA) is 109 Å². The highest BCUT2D eigenvalue weighted by Crippen LogP contribution is 2.17. The molecule has 6 nitrogen and oxygen atoms in total. The third-order valence-electron chi connectivity index (χ3n) is 1.59. The van der Waals surface area contributed by atoms with Gasteiger partial charge >= 0.3 is 0 Å². The molecule has 0 amide bonds. The van der Waals surface area contributed by atoms with Gasteiger partial charge in [-0.15, -0.1) is 0 Å². The van der Waals surface area contributed by atoms with Gasteiger partial charge in [-0.1, -0.05) is 0 Å². The molecule has 0 aliphatic carbocycles. The fraction of sp³-hybridized carbons (Fsp3) is 0. The highest BCUT2D eigenvalue weighted by molar-refractivity contribution is 7.86. The van der Waals surface area contributed by atoms with E-state index in [1.54, 1.807) is 0 Å². The van der Waals surface area contributed by atoms with E-state index >= 15 is 0 Å². The van der Waals surface area contributed by atoms with Crippen LogP contribution < -0.4 is 0 Å². The maximum atomic E-state index is 10.8. The van der Waals surface area contributed by atoms with E-state index in [1.165, 1.54) is 0 Å². The zero-order valence-electron chi connectivity index (χ0n) is 7.15. The molecule has 0 aliphatic heterocycles. The van der Waals surface area contributed by atoms with Crippen molar-refractivity contribution >= 4 is 27.5 Å². The molecule has 0 heterocycles. The van der Waals surface area contributed by atoms with Gasteiger partial charge in [0.2, 0.25) is 0 Å². The van der Waals surface area contributed by atoms with E-state index < -0.39 is 26.1 Å². The fourth-order valence-electron chi connectivity index (χ4n) is 0.944. The van der Waals surface area contributed by atoms with Crippen LogP contribution in [-0.4, -0.2) is 28.0 Å². The van der Waals surface area contributed by atoms with Crippen molar-refractivity contribution < 1.29 is 26.5 Å².